The van der Waals surface area contributed by atoms with Crippen molar-refractivity contribution < 1.29 is 19.5 Å². The van der Waals surface area contributed by atoms with E-state index in [1.165, 1.54) is 0 Å². The van der Waals surface area contributed by atoms with Crippen LogP contribution < -0.4 is 0 Å². The lowest BCUT2D eigenvalue weighted by Crippen LogP contribution is -2.46. The highest BCUT2D eigenvalue weighted by atomic mass is 16.7. The maximum Gasteiger partial charge on any atom is 0.325 e. The van der Waals surface area contributed by atoms with E-state index >= 15 is 0 Å². The largest absolute Gasteiger partial charge is 0.462 e. The van der Waals surface area contributed by atoms with Gasteiger partial charge in [-0.25, -0.2) is 0 Å². The summed E-state index contributed by atoms with van der Waals surface area (Å²) in [6.07, 6.45) is 0.876. The number of hydrogen-bond donors (Lipinski definition) is 2. The summed E-state index contributed by atoms with van der Waals surface area (Å²) < 4.78 is 5.44. The normalized spacial score (nSPS) is 27.7. The third-order valence-electron chi connectivity index (χ3n) is 5.71. The van der Waals surface area contributed by atoms with Crippen molar-refractivity contribution >= 4 is 16.9 Å². The van der Waals surface area contributed by atoms with Crippen LogP contribution >= 0.6 is 0 Å². The Morgan fingerprint density at radius 3 is 2.68 bits per heavy atom. The van der Waals surface area contributed by atoms with Gasteiger partial charge < -0.3 is 14.8 Å². The Bertz CT molecular complexity index is 969. The Hall–Kier alpha value is -2.67. The van der Waals surface area contributed by atoms with Gasteiger partial charge >= 0.3 is 5.97 Å². The van der Waals surface area contributed by atoms with Crippen molar-refractivity contribution in [2.45, 2.75) is 30.5 Å². The van der Waals surface area contributed by atoms with Crippen LogP contribution in [0.15, 0.2) is 60.7 Å². The number of aliphatic hydroxyl groups excluding tert-OH is 1. The predicted molar refractivity (Wildman–Crippen MR) is 103 cm³/mol. The molecule has 2 aliphatic heterocycles. The molecule has 1 unspecified atom stereocenters. The van der Waals surface area contributed by atoms with Gasteiger partial charge in [0.25, 0.3) is 0 Å². The maximum absolute atomic E-state index is 12.4. The summed E-state index contributed by atoms with van der Waals surface area (Å²) in [6, 6.07) is 19.3. The maximum atomic E-state index is 12.4. The monoisotopic (exact) mass is 378 g/mol. The van der Waals surface area contributed by atoms with Gasteiger partial charge in [-0.15, -0.1) is 0 Å². The minimum Gasteiger partial charge on any atom is -0.462 e. The number of ether oxygens (including phenoxy) is 1. The number of H-pyrrole nitrogens is 1. The van der Waals surface area contributed by atoms with Crippen LogP contribution in [0, 0.1) is 0 Å². The standard InChI is InChI=1S/C22H22N2O4/c25-14-22(11-17-10-16-8-4-5-9-18(16)23-17)12-19-21(26)27-13-20(24(19)28-22)15-6-2-1-3-7-15/h1-10,19-20,23,25H,11-14H2/t19?,20-,22-/m1/s1. The lowest BCUT2D eigenvalue weighted by molar-refractivity contribution is -0.257. The summed E-state index contributed by atoms with van der Waals surface area (Å²) in [5, 5.41) is 13.1. The Labute approximate surface area is 162 Å². The summed E-state index contributed by atoms with van der Waals surface area (Å²) in [6.45, 7) is 0.0669. The molecular weight excluding hydrogens is 356 g/mol. The fourth-order valence-corrected chi connectivity index (χ4v) is 4.31. The summed E-state index contributed by atoms with van der Waals surface area (Å²) in [4.78, 5) is 22.1. The number of hydroxylamine groups is 2. The molecule has 0 spiro atoms. The van der Waals surface area contributed by atoms with Gasteiger partial charge in [0, 0.05) is 24.1 Å². The highest BCUT2D eigenvalue weighted by Gasteiger charge is 2.54. The van der Waals surface area contributed by atoms with E-state index in [4.69, 9.17) is 9.57 Å². The van der Waals surface area contributed by atoms with E-state index in [0.717, 1.165) is 22.2 Å². The third-order valence-corrected chi connectivity index (χ3v) is 5.71. The highest BCUT2D eigenvalue weighted by Crippen LogP contribution is 2.42. The summed E-state index contributed by atoms with van der Waals surface area (Å²) in [5.74, 6) is -0.292. The number of aromatic nitrogens is 1. The second-order valence-electron chi connectivity index (χ2n) is 7.63. The van der Waals surface area contributed by atoms with E-state index in [2.05, 4.69) is 11.1 Å². The number of aromatic amines is 1. The van der Waals surface area contributed by atoms with E-state index in [0.29, 0.717) is 12.8 Å². The first-order valence-corrected chi connectivity index (χ1v) is 9.54. The van der Waals surface area contributed by atoms with Gasteiger partial charge in [0.15, 0.2) is 0 Å². The molecule has 2 aliphatic rings. The Kier molecular flexibility index (Phi) is 4.19. The van der Waals surface area contributed by atoms with E-state index in [1.54, 1.807) is 5.06 Å². The number of para-hydroxylation sites is 1. The molecule has 2 fully saturated rings. The van der Waals surface area contributed by atoms with Gasteiger partial charge in [0.1, 0.15) is 18.2 Å². The second-order valence-corrected chi connectivity index (χ2v) is 7.63. The van der Waals surface area contributed by atoms with Crippen molar-refractivity contribution in [3.63, 3.8) is 0 Å². The zero-order valence-corrected chi connectivity index (χ0v) is 15.4. The minimum absolute atomic E-state index is 0.176. The smallest absolute Gasteiger partial charge is 0.325 e. The lowest BCUT2D eigenvalue weighted by Gasteiger charge is -2.35. The van der Waals surface area contributed by atoms with Crippen LogP contribution in [0.1, 0.15) is 23.7 Å². The Balaban J connectivity index is 1.45. The van der Waals surface area contributed by atoms with E-state index in [-0.39, 0.29) is 25.2 Å². The number of carbonyl (C=O) groups is 1. The van der Waals surface area contributed by atoms with Crippen LogP contribution in [0.5, 0.6) is 0 Å². The van der Waals surface area contributed by atoms with Crippen molar-refractivity contribution in [1.29, 1.82) is 0 Å². The zero-order valence-electron chi connectivity index (χ0n) is 15.4. The molecule has 2 saturated heterocycles. The third kappa shape index (κ3) is 2.90. The number of hydrogen-bond acceptors (Lipinski definition) is 5. The average Bonchev–Trinajstić information content (AvgIpc) is 3.31. The van der Waals surface area contributed by atoms with Gasteiger partial charge in [0.05, 0.1) is 12.6 Å². The van der Waals surface area contributed by atoms with Gasteiger partial charge in [-0.3, -0.25) is 9.63 Å². The number of aliphatic hydroxyl groups is 1. The molecule has 0 bridgehead atoms. The molecule has 1 aromatic heterocycles. The van der Waals surface area contributed by atoms with Crippen molar-refractivity contribution in [1.82, 2.24) is 10.0 Å². The number of rotatable bonds is 4. The summed E-state index contributed by atoms with van der Waals surface area (Å²) in [7, 11) is 0. The number of fused-ring (bicyclic) bond motifs is 2. The van der Waals surface area contributed by atoms with Crippen molar-refractivity contribution in [2.24, 2.45) is 0 Å². The van der Waals surface area contributed by atoms with E-state index < -0.39 is 11.6 Å². The summed E-state index contributed by atoms with van der Waals surface area (Å²) in [5.41, 5.74) is 2.18. The quantitative estimate of drug-likeness (QED) is 0.683. The lowest BCUT2D eigenvalue weighted by atomic mass is 9.91. The molecule has 28 heavy (non-hydrogen) atoms. The number of benzene rings is 2. The molecular formula is C22H22N2O4. The van der Waals surface area contributed by atoms with Gasteiger partial charge in [-0.05, 0) is 23.1 Å². The molecule has 5 rings (SSSR count). The fraction of sp³-hybridized carbons (Fsp3) is 0.318. The molecule has 6 heteroatoms. The first-order valence-electron chi connectivity index (χ1n) is 9.54. The molecule has 2 aromatic carbocycles. The highest BCUT2D eigenvalue weighted by molar-refractivity contribution is 5.80. The molecule has 3 aromatic rings. The second kappa shape index (κ2) is 6.74. The molecule has 2 N–H and O–H groups in total. The number of carbonyl (C=O) groups excluding carboxylic acids is 1. The van der Waals surface area contributed by atoms with Crippen molar-refractivity contribution in [3.05, 3.63) is 71.9 Å². The number of morpholine rings is 1. The van der Waals surface area contributed by atoms with Gasteiger partial charge in [-0.1, -0.05) is 48.5 Å². The minimum atomic E-state index is -0.859. The Morgan fingerprint density at radius 2 is 1.89 bits per heavy atom. The molecule has 0 aliphatic carbocycles. The van der Waals surface area contributed by atoms with E-state index in [1.807, 2.05) is 54.6 Å². The first-order chi connectivity index (χ1) is 13.7. The number of nitrogens with one attached hydrogen (secondary N) is 1. The SMILES string of the molecule is O=C1OC[C@H](c2ccccc2)N2O[C@](CO)(Cc3cc4ccccc4[nH]3)CC12. The van der Waals surface area contributed by atoms with Crippen LogP contribution in [0.3, 0.4) is 0 Å². The molecule has 144 valence electrons. The van der Waals surface area contributed by atoms with Crippen molar-refractivity contribution in [2.75, 3.05) is 13.2 Å². The van der Waals surface area contributed by atoms with Gasteiger partial charge in [0.2, 0.25) is 0 Å². The topological polar surface area (TPSA) is 74.8 Å². The Morgan fingerprint density at radius 1 is 1.11 bits per heavy atom. The number of nitrogens with zero attached hydrogens (tertiary/aromatic N) is 1. The van der Waals surface area contributed by atoms with Crippen LogP contribution in [0.25, 0.3) is 10.9 Å². The molecule has 0 saturated carbocycles. The van der Waals surface area contributed by atoms with Crippen LogP contribution in [-0.2, 0) is 20.8 Å². The first kappa shape index (κ1) is 17.4. The van der Waals surface area contributed by atoms with Gasteiger partial charge in [-0.2, -0.15) is 5.06 Å². The van der Waals surface area contributed by atoms with Crippen LogP contribution in [0.4, 0.5) is 0 Å². The van der Waals surface area contributed by atoms with E-state index in [9.17, 15) is 9.90 Å². The average molecular weight is 378 g/mol. The van der Waals surface area contributed by atoms with Crippen LogP contribution in [0.2, 0.25) is 0 Å². The summed E-state index contributed by atoms with van der Waals surface area (Å²) >= 11 is 0. The molecule has 0 radical (unpaired) electrons. The molecule has 3 atom stereocenters. The van der Waals surface area contributed by atoms with Crippen LogP contribution in [-0.4, -0.2) is 46.0 Å². The zero-order chi connectivity index (χ0) is 19.1. The fourth-order valence-electron chi connectivity index (χ4n) is 4.31. The number of cyclic esters (lactones) is 1. The van der Waals surface area contributed by atoms with Crippen molar-refractivity contribution in [3.8, 4) is 0 Å². The molecule has 0 amide bonds. The number of esters is 1. The predicted octanol–water partition coefficient (Wildman–Crippen LogP) is 2.75. The molecule has 6 nitrogen and oxygen atoms in total. The molecule has 3 heterocycles.